The van der Waals surface area contributed by atoms with Crippen LogP contribution in [0.2, 0.25) is 0 Å². The van der Waals surface area contributed by atoms with Gasteiger partial charge in [0.05, 0.1) is 0 Å². The molecule has 344 valence electrons. The third-order valence-corrected chi connectivity index (χ3v) is 11.6. The Labute approximate surface area is 367 Å². The van der Waals surface area contributed by atoms with Crippen LogP contribution in [0.5, 0.6) is 46.0 Å². The quantitative estimate of drug-likeness (QED) is 0.0711. The van der Waals surface area contributed by atoms with Crippen molar-refractivity contribution in [2.75, 3.05) is 26.2 Å². The molecule has 0 saturated carbocycles. The molecule has 0 radical (unpaired) electrons. The fourth-order valence-corrected chi connectivity index (χ4v) is 8.66. The van der Waals surface area contributed by atoms with E-state index in [2.05, 4.69) is 21.3 Å². The molecule has 5 rings (SSSR count). The van der Waals surface area contributed by atoms with Gasteiger partial charge in [-0.15, -0.1) is 0 Å². The average Bonchev–Trinajstić information content (AvgIpc) is 3.20. The Morgan fingerprint density at radius 1 is 0.328 bits per heavy atom. The van der Waals surface area contributed by atoms with Crippen molar-refractivity contribution in [1.82, 2.24) is 21.3 Å². The first kappa shape index (κ1) is 47.4. The lowest BCUT2D eigenvalue weighted by Gasteiger charge is -2.29. The summed E-state index contributed by atoms with van der Waals surface area (Å²) >= 11 is 0. The Hall–Kier alpha value is -7.64. The molecule has 0 aromatic heterocycles. The molecular formula is C44H56N8O12. The van der Waals surface area contributed by atoms with Crippen LogP contribution in [0, 0.1) is 0 Å². The second kappa shape index (κ2) is 21.0. The lowest BCUT2D eigenvalue weighted by molar-refractivity contribution is 0.248. The number of primary amides is 4. The second-order valence-corrected chi connectivity index (χ2v) is 15.8. The van der Waals surface area contributed by atoms with E-state index in [0.29, 0.717) is 0 Å². The molecule has 4 aromatic carbocycles. The van der Waals surface area contributed by atoms with E-state index in [1.54, 1.807) is 0 Å². The minimum absolute atomic E-state index is 0.0856. The number of phenolic OH excluding ortho intramolecular Hbond substituents is 8. The lowest BCUT2D eigenvalue weighted by Crippen LogP contribution is -2.30. The molecule has 20 N–H and O–H groups in total. The van der Waals surface area contributed by atoms with E-state index in [4.69, 9.17) is 22.9 Å². The molecule has 0 aliphatic heterocycles. The number of carbonyl (C=O) groups is 4. The predicted octanol–water partition coefficient (Wildman–Crippen LogP) is 3.97. The number of nitrogens with one attached hydrogen (secondary N) is 4. The SMILES string of the molecule is NC(=O)NCCCC1c2cc(c(O)cc2O)C(CCCNC(N)=O)c2cc(c(O)cc2O)C(CCCNC(N)=O)c2cc(c(O)cc2O)C(CCCNC(N)=O)c2cc1c(O)cc2O. The monoisotopic (exact) mass is 888 g/mol. The Morgan fingerprint density at radius 3 is 0.625 bits per heavy atom. The summed E-state index contributed by atoms with van der Waals surface area (Å²) in [5, 5.41) is 103. The molecule has 0 saturated heterocycles. The van der Waals surface area contributed by atoms with Crippen LogP contribution in [0.25, 0.3) is 0 Å². The van der Waals surface area contributed by atoms with Gasteiger partial charge in [0.15, 0.2) is 0 Å². The van der Waals surface area contributed by atoms with Gasteiger partial charge in [-0.2, -0.15) is 0 Å². The third kappa shape index (κ3) is 11.4. The molecule has 0 heterocycles. The van der Waals surface area contributed by atoms with Crippen molar-refractivity contribution in [2.45, 2.75) is 75.0 Å². The van der Waals surface area contributed by atoms with Crippen molar-refractivity contribution in [2.24, 2.45) is 22.9 Å². The van der Waals surface area contributed by atoms with Crippen LogP contribution in [0.4, 0.5) is 19.2 Å². The van der Waals surface area contributed by atoms with Crippen LogP contribution >= 0.6 is 0 Å². The zero-order chi connectivity index (χ0) is 46.8. The first-order chi connectivity index (χ1) is 30.4. The zero-order valence-electron chi connectivity index (χ0n) is 34.9. The average molecular weight is 889 g/mol. The smallest absolute Gasteiger partial charge is 0.312 e. The Balaban J connectivity index is 1.89. The predicted molar refractivity (Wildman–Crippen MR) is 234 cm³/mol. The molecule has 0 spiro atoms. The normalized spacial score (nSPS) is 16.6. The summed E-state index contributed by atoms with van der Waals surface area (Å²) < 4.78 is 0. The van der Waals surface area contributed by atoms with Crippen LogP contribution < -0.4 is 44.2 Å². The number of benzene rings is 4. The summed E-state index contributed by atoms with van der Waals surface area (Å²) in [5.41, 5.74) is 22.8. The molecule has 1 aliphatic rings. The molecule has 0 atom stereocenters. The van der Waals surface area contributed by atoms with Gasteiger partial charge in [0.2, 0.25) is 0 Å². The van der Waals surface area contributed by atoms with Gasteiger partial charge in [-0.25, -0.2) is 19.2 Å². The topological polar surface area (TPSA) is 382 Å². The highest BCUT2D eigenvalue weighted by Gasteiger charge is 2.33. The number of fused-ring (bicyclic) bond motifs is 8. The maximum Gasteiger partial charge on any atom is 0.312 e. The van der Waals surface area contributed by atoms with Gasteiger partial charge in [0.1, 0.15) is 46.0 Å². The number of hydrogen-bond acceptors (Lipinski definition) is 12. The van der Waals surface area contributed by atoms with Crippen LogP contribution in [-0.4, -0.2) is 91.2 Å². The minimum Gasteiger partial charge on any atom is -0.508 e. The summed E-state index contributed by atoms with van der Waals surface area (Å²) in [7, 11) is 0. The van der Waals surface area contributed by atoms with E-state index >= 15 is 0 Å². The van der Waals surface area contributed by atoms with Gasteiger partial charge in [0, 0.05) is 119 Å². The molecule has 1 aliphatic carbocycles. The first-order valence-electron chi connectivity index (χ1n) is 20.7. The number of rotatable bonds is 16. The molecule has 20 heteroatoms. The van der Waals surface area contributed by atoms with Gasteiger partial charge in [-0.1, -0.05) is 0 Å². The first-order valence-corrected chi connectivity index (χ1v) is 20.7. The Kier molecular flexibility index (Phi) is 15.5. The molecule has 0 fully saturated rings. The molecule has 4 aromatic rings. The van der Waals surface area contributed by atoms with Crippen molar-refractivity contribution in [3.05, 3.63) is 93.0 Å². The van der Waals surface area contributed by atoms with E-state index in [0.717, 1.165) is 24.3 Å². The van der Waals surface area contributed by atoms with Crippen molar-refractivity contribution < 1.29 is 60.0 Å². The van der Waals surface area contributed by atoms with Crippen molar-refractivity contribution in [1.29, 1.82) is 0 Å². The largest absolute Gasteiger partial charge is 0.508 e. The number of carbonyl (C=O) groups excluding carboxylic acids is 4. The van der Waals surface area contributed by atoms with Gasteiger partial charge >= 0.3 is 24.1 Å². The summed E-state index contributed by atoms with van der Waals surface area (Å²) in [4.78, 5) is 46.5. The van der Waals surface area contributed by atoms with Gasteiger partial charge in [-0.3, -0.25) is 0 Å². The number of hydrogen-bond donors (Lipinski definition) is 16. The number of amides is 8. The van der Waals surface area contributed by atoms with E-state index in [1.807, 2.05) is 0 Å². The number of urea groups is 4. The molecule has 0 unspecified atom stereocenters. The van der Waals surface area contributed by atoms with E-state index in [1.165, 1.54) is 24.3 Å². The fraction of sp³-hybridized carbons (Fsp3) is 0.364. The third-order valence-electron chi connectivity index (χ3n) is 11.6. The summed E-state index contributed by atoms with van der Waals surface area (Å²) in [6.07, 6.45) is 1.48. The van der Waals surface area contributed by atoms with E-state index in [9.17, 15) is 60.0 Å². The van der Waals surface area contributed by atoms with Crippen molar-refractivity contribution >= 4 is 24.1 Å². The number of nitrogens with two attached hydrogens (primary N) is 4. The number of phenols is 8. The maximum absolute atomic E-state index is 11.6. The lowest BCUT2D eigenvalue weighted by atomic mass is 9.76. The van der Waals surface area contributed by atoms with Gasteiger partial charge < -0.3 is 85.1 Å². The molecule has 64 heavy (non-hydrogen) atoms. The van der Waals surface area contributed by atoms with Crippen LogP contribution in [0.3, 0.4) is 0 Å². The molecular weight excluding hydrogens is 833 g/mol. The summed E-state index contributed by atoms with van der Waals surface area (Å²) in [6, 6.07) is 7.34. The Morgan fingerprint density at radius 2 is 0.484 bits per heavy atom. The number of aromatic hydroxyl groups is 8. The Bertz CT molecular complexity index is 1950. The van der Waals surface area contributed by atoms with Crippen LogP contribution in [0.15, 0.2) is 48.5 Å². The van der Waals surface area contributed by atoms with Crippen LogP contribution in [-0.2, 0) is 0 Å². The van der Waals surface area contributed by atoms with Crippen LogP contribution in [0.1, 0.15) is 120 Å². The van der Waals surface area contributed by atoms with Gasteiger partial charge in [-0.05, 0) is 75.6 Å². The highest BCUT2D eigenvalue weighted by atomic mass is 16.3. The fourth-order valence-electron chi connectivity index (χ4n) is 8.66. The van der Waals surface area contributed by atoms with Crippen molar-refractivity contribution in [3.8, 4) is 46.0 Å². The molecule has 8 amide bonds. The standard InChI is InChI=1S/C44H56N8O12/c45-41(61)49-9-1-5-21-25-13-27(35(55)17-33(25)53)22(6-2-10-50-42(46)62)29-15-31(39(59)19-37(29)57)24(8-4-12-52-44(48)64)32-16-30(38(58)20-40(32)60)23(7-3-11-51-43(47)63)28-14-26(21)34(54)18-36(28)56/h13-24,53-60H,1-12H2,(H3,45,49,61)(H3,46,50,62)(H3,47,51,63)(H3,48,52,64). The van der Waals surface area contributed by atoms with Crippen molar-refractivity contribution in [3.63, 3.8) is 0 Å². The summed E-state index contributed by atoms with van der Waals surface area (Å²) in [5.74, 6) is -6.87. The molecule has 8 bridgehead atoms. The van der Waals surface area contributed by atoms with Gasteiger partial charge in [0.25, 0.3) is 0 Å². The highest BCUT2D eigenvalue weighted by molar-refractivity contribution is 5.72. The second-order valence-electron chi connectivity index (χ2n) is 15.8. The van der Waals surface area contributed by atoms with E-state index in [-0.39, 0.29) is 122 Å². The highest BCUT2D eigenvalue weighted by Crippen LogP contribution is 2.52. The maximum atomic E-state index is 11.6. The molecule has 20 nitrogen and oxygen atoms in total. The summed E-state index contributed by atoms with van der Waals surface area (Å²) in [6.45, 7) is 0.342. The van der Waals surface area contributed by atoms with E-state index < -0.39 is 93.8 Å². The minimum atomic E-state index is -0.929. The zero-order valence-corrected chi connectivity index (χ0v) is 34.9.